The van der Waals surface area contributed by atoms with Gasteiger partial charge in [-0.2, -0.15) is 5.26 Å². The van der Waals surface area contributed by atoms with E-state index in [1.807, 2.05) is 6.07 Å². The van der Waals surface area contributed by atoms with Gasteiger partial charge in [0.15, 0.2) is 0 Å². The summed E-state index contributed by atoms with van der Waals surface area (Å²) in [6, 6.07) is 3.42. The molecule has 7 heteroatoms. The third-order valence-corrected chi connectivity index (χ3v) is 2.91. The monoisotopic (exact) mass is 301 g/mol. The number of hydrogen-bond donors (Lipinski definition) is 0. The first-order chi connectivity index (χ1) is 9.10. The average molecular weight is 302 g/mol. The molecule has 1 rings (SSSR count). The van der Waals surface area contributed by atoms with Gasteiger partial charge >= 0.3 is 0 Å². The summed E-state index contributed by atoms with van der Waals surface area (Å²) >= 11 is 11.7. The number of halogens is 2. The van der Waals surface area contributed by atoms with Crippen molar-refractivity contribution in [3.63, 3.8) is 0 Å². The summed E-state index contributed by atoms with van der Waals surface area (Å²) in [6.45, 7) is 1.08. The Morgan fingerprint density at radius 1 is 1.53 bits per heavy atom. The molecule has 0 unspecified atom stereocenters. The second-order valence-electron chi connectivity index (χ2n) is 3.68. The van der Waals surface area contributed by atoms with Gasteiger partial charge in [0.2, 0.25) is 0 Å². The number of hydrogen-bond acceptors (Lipinski definition) is 4. The molecular weight excluding hydrogens is 289 g/mol. The Hall–Kier alpha value is -1.35. The van der Waals surface area contributed by atoms with Crippen LogP contribution in [0.25, 0.3) is 0 Å². The van der Waals surface area contributed by atoms with E-state index in [0.29, 0.717) is 19.7 Å². The van der Waals surface area contributed by atoms with Crippen LogP contribution in [0.3, 0.4) is 0 Å². The zero-order chi connectivity index (χ0) is 14.3. The number of nitrogens with zero attached hydrogens (tertiary/aromatic N) is 3. The third-order valence-electron chi connectivity index (χ3n) is 2.40. The van der Waals surface area contributed by atoms with Crippen molar-refractivity contribution in [1.82, 2.24) is 9.88 Å². The summed E-state index contributed by atoms with van der Waals surface area (Å²) < 4.78 is 4.94. The SMILES string of the molecule is COCCN(CCC#N)C(=O)c1cc(Cl)ncc1Cl. The molecule has 19 heavy (non-hydrogen) atoms. The van der Waals surface area contributed by atoms with Crippen molar-refractivity contribution in [2.45, 2.75) is 6.42 Å². The summed E-state index contributed by atoms with van der Waals surface area (Å²) in [5.74, 6) is -0.290. The Kier molecular flexibility index (Phi) is 6.57. The molecule has 0 N–H and O–H groups in total. The second-order valence-corrected chi connectivity index (χ2v) is 4.47. The number of pyridine rings is 1. The first-order valence-electron chi connectivity index (χ1n) is 5.56. The molecule has 0 aliphatic rings. The van der Waals surface area contributed by atoms with Crippen molar-refractivity contribution in [3.05, 3.63) is 28.0 Å². The largest absolute Gasteiger partial charge is 0.383 e. The maximum absolute atomic E-state index is 12.3. The molecule has 0 atom stereocenters. The fraction of sp³-hybridized carbons (Fsp3) is 0.417. The number of amides is 1. The van der Waals surface area contributed by atoms with Gasteiger partial charge in [-0.25, -0.2) is 4.98 Å². The molecule has 1 aromatic heterocycles. The van der Waals surface area contributed by atoms with Crippen molar-refractivity contribution >= 4 is 29.1 Å². The summed E-state index contributed by atoms with van der Waals surface area (Å²) in [5.41, 5.74) is 0.274. The minimum absolute atomic E-state index is 0.194. The Bertz CT molecular complexity index is 488. The molecule has 0 aliphatic carbocycles. The molecule has 5 nitrogen and oxygen atoms in total. The van der Waals surface area contributed by atoms with E-state index in [1.54, 1.807) is 7.11 Å². The lowest BCUT2D eigenvalue weighted by atomic mass is 10.2. The minimum Gasteiger partial charge on any atom is -0.383 e. The summed E-state index contributed by atoms with van der Waals surface area (Å²) in [5, 5.41) is 9.04. The normalized spacial score (nSPS) is 10.0. The molecule has 0 saturated carbocycles. The molecule has 102 valence electrons. The zero-order valence-electron chi connectivity index (χ0n) is 10.4. The predicted molar refractivity (Wildman–Crippen MR) is 72.3 cm³/mol. The lowest BCUT2D eigenvalue weighted by Crippen LogP contribution is -2.35. The Balaban J connectivity index is 2.91. The van der Waals surface area contributed by atoms with Crippen LogP contribution in [-0.4, -0.2) is 42.6 Å². The molecular formula is C12H13Cl2N3O2. The van der Waals surface area contributed by atoms with Gasteiger partial charge in [0.05, 0.1) is 29.7 Å². The quantitative estimate of drug-likeness (QED) is 0.757. The highest BCUT2D eigenvalue weighted by Crippen LogP contribution is 2.20. The van der Waals surface area contributed by atoms with E-state index in [2.05, 4.69) is 4.98 Å². The topological polar surface area (TPSA) is 66.2 Å². The fourth-order valence-electron chi connectivity index (χ4n) is 1.45. The van der Waals surface area contributed by atoms with E-state index < -0.39 is 0 Å². The lowest BCUT2D eigenvalue weighted by molar-refractivity contribution is 0.0700. The highest BCUT2D eigenvalue weighted by Gasteiger charge is 2.18. The number of methoxy groups -OCH3 is 1. The fourth-order valence-corrected chi connectivity index (χ4v) is 1.79. The van der Waals surface area contributed by atoms with Gasteiger partial charge < -0.3 is 9.64 Å². The smallest absolute Gasteiger partial charge is 0.255 e. The minimum atomic E-state index is -0.290. The van der Waals surface area contributed by atoms with Gasteiger partial charge in [-0.15, -0.1) is 0 Å². The van der Waals surface area contributed by atoms with Crippen LogP contribution >= 0.6 is 23.2 Å². The molecule has 0 bridgehead atoms. The number of nitriles is 1. The predicted octanol–water partition coefficient (Wildman–Crippen LogP) is 2.39. The van der Waals surface area contributed by atoms with Crippen molar-refractivity contribution < 1.29 is 9.53 Å². The molecule has 0 radical (unpaired) electrons. The van der Waals surface area contributed by atoms with Gasteiger partial charge in [0, 0.05) is 26.4 Å². The van der Waals surface area contributed by atoms with E-state index in [4.69, 9.17) is 33.2 Å². The van der Waals surface area contributed by atoms with E-state index >= 15 is 0 Å². The van der Waals surface area contributed by atoms with Gasteiger partial charge in [-0.1, -0.05) is 23.2 Å². The number of aromatic nitrogens is 1. The number of carbonyl (C=O) groups excluding carboxylic acids is 1. The van der Waals surface area contributed by atoms with Crippen LogP contribution in [0.15, 0.2) is 12.3 Å². The highest BCUT2D eigenvalue weighted by atomic mass is 35.5. The first-order valence-corrected chi connectivity index (χ1v) is 6.32. The Labute approximate surface area is 121 Å². The van der Waals surface area contributed by atoms with Gasteiger partial charge in [-0.3, -0.25) is 4.79 Å². The van der Waals surface area contributed by atoms with Crippen molar-refractivity contribution in [3.8, 4) is 6.07 Å². The van der Waals surface area contributed by atoms with E-state index in [-0.39, 0.29) is 28.1 Å². The molecule has 0 spiro atoms. The van der Waals surface area contributed by atoms with E-state index in [0.717, 1.165) is 0 Å². The van der Waals surface area contributed by atoms with Gasteiger partial charge in [-0.05, 0) is 6.07 Å². The third kappa shape index (κ3) is 4.67. The molecule has 1 heterocycles. The highest BCUT2D eigenvalue weighted by molar-refractivity contribution is 6.35. The maximum atomic E-state index is 12.3. The van der Waals surface area contributed by atoms with Crippen molar-refractivity contribution in [2.75, 3.05) is 26.8 Å². The Morgan fingerprint density at radius 3 is 2.89 bits per heavy atom. The summed E-state index contributed by atoms with van der Waals surface area (Å²) in [7, 11) is 1.54. The van der Waals surface area contributed by atoms with Crippen LogP contribution in [0.5, 0.6) is 0 Å². The van der Waals surface area contributed by atoms with Crippen LogP contribution in [-0.2, 0) is 4.74 Å². The van der Waals surface area contributed by atoms with Crippen LogP contribution < -0.4 is 0 Å². The molecule has 0 saturated heterocycles. The molecule has 0 aromatic carbocycles. The summed E-state index contributed by atoms with van der Waals surface area (Å²) in [6.07, 6.45) is 1.57. The number of carbonyl (C=O) groups is 1. The Morgan fingerprint density at radius 2 is 2.26 bits per heavy atom. The van der Waals surface area contributed by atoms with E-state index in [1.165, 1.54) is 17.2 Å². The van der Waals surface area contributed by atoms with Crippen molar-refractivity contribution in [2.24, 2.45) is 0 Å². The second kappa shape index (κ2) is 7.95. The van der Waals surface area contributed by atoms with Gasteiger partial charge in [0.25, 0.3) is 5.91 Å². The van der Waals surface area contributed by atoms with E-state index in [9.17, 15) is 4.79 Å². The average Bonchev–Trinajstić information content (AvgIpc) is 2.41. The molecule has 0 fully saturated rings. The number of rotatable bonds is 6. The lowest BCUT2D eigenvalue weighted by Gasteiger charge is -2.21. The standard InChI is InChI=1S/C12H13Cl2N3O2/c1-19-6-5-17(4-2-3-15)12(18)9-7-11(14)16-8-10(9)13/h7-8H,2,4-6H2,1H3. The van der Waals surface area contributed by atoms with Crippen LogP contribution in [0.4, 0.5) is 0 Å². The molecule has 0 aliphatic heterocycles. The van der Waals surface area contributed by atoms with Crippen LogP contribution in [0.1, 0.15) is 16.8 Å². The number of ether oxygens (including phenoxy) is 1. The summed E-state index contributed by atoms with van der Waals surface area (Å²) in [4.78, 5) is 17.6. The van der Waals surface area contributed by atoms with Crippen molar-refractivity contribution in [1.29, 1.82) is 5.26 Å². The zero-order valence-corrected chi connectivity index (χ0v) is 11.9. The van der Waals surface area contributed by atoms with Crippen LogP contribution in [0, 0.1) is 11.3 Å². The maximum Gasteiger partial charge on any atom is 0.255 e. The molecule has 1 amide bonds. The first kappa shape index (κ1) is 15.7. The van der Waals surface area contributed by atoms with Crippen LogP contribution in [0.2, 0.25) is 10.2 Å². The van der Waals surface area contributed by atoms with Gasteiger partial charge in [0.1, 0.15) is 5.15 Å². The molecule has 1 aromatic rings.